The van der Waals surface area contributed by atoms with Crippen molar-refractivity contribution >= 4 is 17.9 Å². The number of methoxy groups -OCH3 is 2. The zero-order valence-corrected chi connectivity index (χ0v) is 19.1. The lowest BCUT2D eigenvalue weighted by atomic mass is 9.89. The van der Waals surface area contributed by atoms with Crippen molar-refractivity contribution in [1.29, 1.82) is 0 Å². The molecule has 7 nitrogen and oxygen atoms in total. The van der Waals surface area contributed by atoms with E-state index < -0.39 is 0 Å². The minimum atomic E-state index is -0.256. The van der Waals surface area contributed by atoms with E-state index >= 15 is 0 Å². The van der Waals surface area contributed by atoms with Crippen molar-refractivity contribution < 1.29 is 23.8 Å². The predicted octanol–water partition coefficient (Wildman–Crippen LogP) is 3.53. The van der Waals surface area contributed by atoms with Crippen LogP contribution in [0.2, 0.25) is 0 Å². The molecule has 1 aliphatic heterocycles. The van der Waals surface area contributed by atoms with Crippen molar-refractivity contribution in [3.05, 3.63) is 65.4 Å². The number of amides is 2. The Balaban J connectivity index is 1.50. The van der Waals surface area contributed by atoms with Gasteiger partial charge in [0.05, 0.1) is 20.3 Å². The average Bonchev–Trinajstić information content (AvgIpc) is 2.85. The van der Waals surface area contributed by atoms with Gasteiger partial charge in [-0.15, -0.1) is 0 Å². The second kappa shape index (κ2) is 10.4. The molecule has 0 spiro atoms. The number of carbonyl (C=O) groups excluding carboxylic acids is 2. The third-order valence-electron chi connectivity index (χ3n) is 6.19. The van der Waals surface area contributed by atoms with Crippen molar-refractivity contribution in [1.82, 2.24) is 10.2 Å². The van der Waals surface area contributed by atoms with Gasteiger partial charge in [0.25, 0.3) is 5.91 Å². The van der Waals surface area contributed by atoms with Crippen molar-refractivity contribution in [3.8, 4) is 11.5 Å². The van der Waals surface area contributed by atoms with E-state index in [1.165, 1.54) is 0 Å². The van der Waals surface area contributed by atoms with E-state index in [1.54, 1.807) is 25.2 Å². The van der Waals surface area contributed by atoms with Crippen LogP contribution in [0.4, 0.5) is 0 Å². The van der Waals surface area contributed by atoms with Gasteiger partial charge < -0.3 is 24.4 Å². The van der Waals surface area contributed by atoms with Crippen LogP contribution in [0.1, 0.15) is 36.8 Å². The number of benzene rings is 2. The summed E-state index contributed by atoms with van der Waals surface area (Å²) in [5, 5.41) is 2.93. The number of nitrogens with one attached hydrogen (secondary N) is 1. The first-order valence-electron chi connectivity index (χ1n) is 11.3. The van der Waals surface area contributed by atoms with Crippen LogP contribution < -0.4 is 14.8 Å². The first-order chi connectivity index (χ1) is 16.1. The van der Waals surface area contributed by atoms with Crippen LogP contribution >= 0.6 is 0 Å². The summed E-state index contributed by atoms with van der Waals surface area (Å²) in [6.07, 6.45) is 5.40. The summed E-state index contributed by atoms with van der Waals surface area (Å²) in [6.45, 7) is 0.329. The number of carbonyl (C=O) groups is 2. The van der Waals surface area contributed by atoms with Gasteiger partial charge >= 0.3 is 0 Å². The minimum absolute atomic E-state index is 0.00599. The number of hydrogen-bond acceptors (Lipinski definition) is 5. The van der Waals surface area contributed by atoms with Crippen molar-refractivity contribution in [2.45, 2.75) is 44.4 Å². The molecule has 2 atom stereocenters. The van der Waals surface area contributed by atoms with Gasteiger partial charge in [-0.2, -0.15) is 0 Å². The largest absolute Gasteiger partial charge is 0.497 e. The summed E-state index contributed by atoms with van der Waals surface area (Å²) in [4.78, 5) is 27.9. The molecule has 4 rings (SSSR count). The lowest BCUT2D eigenvalue weighted by Crippen LogP contribution is -2.57. The van der Waals surface area contributed by atoms with E-state index in [1.807, 2.05) is 48.5 Å². The van der Waals surface area contributed by atoms with Crippen molar-refractivity contribution in [2.24, 2.45) is 0 Å². The maximum absolute atomic E-state index is 13.4. The molecule has 174 valence electrons. The summed E-state index contributed by atoms with van der Waals surface area (Å²) in [6, 6.07) is 14.9. The van der Waals surface area contributed by atoms with Crippen LogP contribution in [-0.4, -0.2) is 49.6 Å². The van der Waals surface area contributed by atoms with Gasteiger partial charge in [-0.05, 0) is 49.1 Å². The highest BCUT2D eigenvalue weighted by Crippen LogP contribution is 2.33. The number of para-hydroxylation sites is 1. The van der Waals surface area contributed by atoms with Gasteiger partial charge in [0, 0.05) is 12.1 Å². The molecule has 2 aromatic carbocycles. The SMILES string of the molecule is COc1cccc(/C=C2\OC3CCCCC3N(CC(=O)NCc3ccccc3OC)C2=O)c1. The van der Waals surface area contributed by atoms with Crippen molar-refractivity contribution in [2.75, 3.05) is 20.8 Å². The van der Waals surface area contributed by atoms with E-state index in [-0.39, 0.29) is 36.3 Å². The molecular formula is C26H30N2O5. The Bertz CT molecular complexity index is 1030. The number of fused-ring (bicyclic) bond motifs is 1. The van der Waals surface area contributed by atoms with E-state index in [0.717, 1.165) is 42.6 Å². The van der Waals surface area contributed by atoms with Gasteiger partial charge in [0.15, 0.2) is 5.76 Å². The van der Waals surface area contributed by atoms with Gasteiger partial charge in [-0.1, -0.05) is 36.8 Å². The van der Waals surface area contributed by atoms with E-state index in [4.69, 9.17) is 14.2 Å². The number of morpholine rings is 1. The Labute approximate surface area is 194 Å². The first kappa shape index (κ1) is 22.7. The fraction of sp³-hybridized carbons (Fsp3) is 0.385. The highest BCUT2D eigenvalue weighted by Gasteiger charge is 2.42. The predicted molar refractivity (Wildman–Crippen MR) is 125 cm³/mol. The number of ether oxygens (including phenoxy) is 3. The summed E-state index contributed by atoms with van der Waals surface area (Å²) in [7, 11) is 3.21. The summed E-state index contributed by atoms with van der Waals surface area (Å²) < 4.78 is 16.8. The van der Waals surface area contributed by atoms with Crippen LogP contribution in [0.15, 0.2) is 54.3 Å². The first-order valence-corrected chi connectivity index (χ1v) is 11.3. The molecule has 1 N–H and O–H groups in total. The molecule has 1 heterocycles. The molecule has 1 saturated carbocycles. The van der Waals surface area contributed by atoms with Crippen LogP contribution in [0.3, 0.4) is 0 Å². The molecule has 0 aromatic heterocycles. The Kier molecular flexibility index (Phi) is 7.17. The summed E-state index contributed by atoms with van der Waals surface area (Å²) >= 11 is 0. The molecule has 2 aliphatic rings. The van der Waals surface area contributed by atoms with E-state index in [9.17, 15) is 9.59 Å². The normalized spacial score (nSPS) is 21.2. The minimum Gasteiger partial charge on any atom is -0.497 e. The van der Waals surface area contributed by atoms with Crippen LogP contribution in [0.25, 0.3) is 6.08 Å². The van der Waals surface area contributed by atoms with Gasteiger partial charge in [-0.3, -0.25) is 9.59 Å². The molecular weight excluding hydrogens is 420 g/mol. The molecule has 1 aliphatic carbocycles. The smallest absolute Gasteiger partial charge is 0.289 e. The Morgan fingerprint density at radius 3 is 2.76 bits per heavy atom. The molecule has 0 bridgehead atoms. The molecule has 0 radical (unpaired) electrons. The quantitative estimate of drug-likeness (QED) is 0.653. The number of rotatable bonds is 7. The standard InChI is InChI=1S/C26H30N2O5/c1-31-20-10-7-8-18(14-20)15-24-26(30)28(21-11-4-6-13-23(21)33-24)17-25(29)27-16-19-9-3-5-12-22(19)32-2/h3,5,7-10,12,14-15,21,23H,4,6,11,13,16-17H2,1-2H3,(H,27,29)/b24-15-. The maximum atomic E-state index is 13.4. The van der Waals surface area contributed by atoms with Crippen LogP contribution in [0, 0.1) is 0 Å². The Morgan fingerprint density at radius 2 is 1.94 bits per heavy atom. The average molecular weight is 451 g/mol. The number of hydrogen-bond donors (Lipinski definition) is 1. The highest BCUT2D eigenvalue weighted by atomic mass is 16.5. The summed E-state index contributed by atoms with van der Waals surface area (Å²) in [5.41, 5.74) is 1.70. The summed E-state index contributed by atoms with van der Waals surface area (Å²) in [5.74, 6) is 1.23. The molecule has 2 unspecified atom stereocenters. The Hall–Kier alpha value is -3.48. The second-order valence-electron chi connectivity index (χ2n) is 8.31. The molecule has 2 fully saturated rings. The van der Waals surface area contributed by atoms with E-state index in [2.05, 4.69) is 5.32 Å². The molecule has 2 amide bonds. The van der Waals surface area contributed by atoms with Crippen molar-refractivity contribution in [3.63, 3.8) is 0 Å². The van der Waals surface area contributed by atoms with Gasteiger partial charge in [0.2, 0.25) is 5.91 Å². The molecule has 2 aromatic rings. The zero-order valence-electron chi connectivity index (χ0n) is 19.1. The monoisotopic (exact) mass is 450 g/mol. The molecule has 33 heavy (non-hydrogen) atoms. The maximum Gasteiger partial charge on any atom is 0.289 e. The zero-order chi connectivity index (χ0) is 23.2. The third-order valence-corrected chi connectivity index (χ3v) is 6.19. The lowest BCUT2D eigenvalue weighted by Gasteiger charge is -2.44. The van der Waals surface area contributed by atoms with Gasteiger partial charge in [0.1, 0.15) is 24.1 Å². The fourth-order valence-electron chi connectivity index (χ4n) is 4.50. The fourth-order valence-corrected chi connectivity index (χ4v) is 4.50. The van der Waals surface area contributed by atoms with Crippen LogP contribution in [-0.2, 0) is 20.9 Å². The lowest BCUT2D eigenvalue weighted by molar-refractivity contribution is -0.151. The van der Waals surface area contributed by atoms with E-state index in [0.29, 0.717) is 12.3 Å². The molecule has 7 heteroatoms. The van der Waals surface area contributed by atoms with Crippen LogP contribution in [0.5, 0.6) is 11.5 Å². The second-order valence-corrected chi connectivity index (χ2v) is 8.31. The third kappa shape index (κ3) is 5.30. The molecule has 1 saturated heterocycles. The highest BCUT2D eigenvalue weighted by molar-refractivity contribution is 5.98. The Morgan fingerprint density at radius 1 is 1.12 bits per heavy atom. The number of nitrogens with zero attached hydrogens (tertiary/aromatic N) is 1. The van der Waals surface area contributed by atoms with Gasteiger partial charge in [-0.25, -0.2) is 0 Å². The topological polar surface area (TPSA) is 77.1 Å².